The van der Waals surface area contributed by atoms with Gasteiger partial charge in [0.25, 0.3) is 0 Å². The van der Waals surface area contributed by atoms with Crippen molar-refractivity contribution in [1.29, 1.82) is 0 Å². The van der Waals surface area contributed by atoms with Crippen LogP contribution in [0.3, 0.4) is 0 Å². The SMILES string of the molecule is COC(Nc1cc(N)c2nc(-c3ccc(Br)cc3)[nH]c2c1)=C1CC1. The van der Waals surface area contributed by atoms with Gasteiger partial charge in [-0.15, -0.1) is 0 Å². The van der Waals surface area contributed by atoms with E-state index < -0.39 is 0 Å². The highest BCUT2D eigenvalue weighted by Crippen LogP contribution is 2.34. The lowest BCUT2D eigenvalue weighted by Gasteiger charge is -2.10. The highest BCUT2D eigenvalue weighted by atomic mass is 79.9. The molecule has 0 saturated heterocycles. The maximum Gasteiger partial charge on any atom is 0.189 e. The number of imidazole rings is 1. The van der Waals surface area contributed by atoms with Crippen molar-refractivity contribution < 1.29 is 4.74 Å². The molecular formula is C18H17BrN4O. The molecule has 4 N–H and O–H groups in total. The Hall–Kier alpha value is -2.47. The zero-order valence-corrected chi connectivity index (χ0v) is 14.8. The molecular weight excluding hydrogens is 368 g/mol. The number of fused-ring (bicyclic) bond motifs is 1. The Morgan fingerprint density at radius 3 is 2.67 bits per heavy atom. The van der Waals surface area contributed by atoms with Crippen LogP contribution in [0.5, 0.6) is 0 Å². The summed E-state index contributed by atoms with van der Waals surface area (Å²) >= 11 is 3.45. The van der Waals surface area contributed by atoms with E-state index in [0.29, 0.717) is 5.69 Å². The van der Waals surface area contributed by atoms with E-state index in [-0.39, 0.29) is 0 Å². The van der Waals surface area contributed by atoms with E-state index in [1.807, 2.05) is 36.4 Å². The Morgan fingerprint density at radius 2 is 2.00 bits per heavy atom. The molecule has 24 heavy (non-hydrogen) atoms. The minimum atomic E-state index is 0.630. The van der Waals surface area contributed by atoms with E-state index in [2.05, 4.69) is 31.2 Å². The predicted molar refractivity (Wildman–Crippen MR) is 101 cm³/mol. The smallest absolute Gasteiger partial charge is 0.189 e. The highest BCUT2D eigenvalue weighted by molar-refractivity contribution is 9.10. The number of halogens is 1. The molecule has 1 heterocycles. The van der Waals surface area contributed by atoms with Crippen molar-refractivity contribution in [2.75, 3.05) is 18.2 Å². The fraction of sp³-hybridized carbons (Fsp3) is 0.167. The van der Waals surface area contributed by atoms with Crippen molar-refractivity contribution in [2.24, 2.45) is 0 Å². The number of ether oxygens (including phenoxy) is 1. The topological polar surface area (TPSA) is 76.0 Å². The molecule has 1 saturated carbocycles. The Morgan fingerprint density at radius 1 is 1.25 bits per heavy atom. The molecule has 0 spiro atoms. The summed E-state index contributed by atoms with van der Waals surface area (Å²) in [5.41, 5.74) is 11.7. The molecule has 0 aliphatic heterocycles. The van der Waals surface area contributed by atoms with Crippen LogP contribution in [-0.4, -0.2) is 17.1 Å². The van der Waals surface area contributed by atoms with Gasteiger partial charge in [0.05, 0.1) is 18.3 Å². The van der Waals surface area contributed by atoms with Gasteiger partial charge in [-0.25, -0.2) is 4.98 Å². The molecule has 0 amide bonds. The number of H-pyrrole nitrogens is 1. The Labute approximate surface area is 148 Å². The van der Waals surface area contributed by atoms with Gasteiger partial charge >= 0.3 is 0 Å². The number of anilines is 2. The Kier molecular flexibility index (Phi) is 3.69. The average molecular weight is 385 g/mol. The van der Waals surface area contributed by atoms with Gasteiger partial charge in [-0.3, -0.25) is 0 Å². The summed E-state index contributed by atoms with van der Waals surface area (Å²) in [6, 6.07) is 11.9. The normalized spacial score (nSPS) is 13.2. The van der Waals surface area contributed by atoms with Gasteiger partial charge in [0.2, 0.25) is 0 Å². The zero-order chi connectivity index (χ0) is 16.7. The summed E-state index contributed by atoms with van der Waals surface area (Å²) in [5.74, 6) is 1.62. The molecule has 3 aromatic rings. The van der Waals surface area contributed by atoms with Gasteiger partial charge < -0.3 is 20.8 Å². The molecule has 122 valence electrons. The Balaban J connectivity index is 1.72. The quantitative estimate of drug-likeness (QED) is 0.452. The van der Waals surface area contributed by atoms with E-state index in [9.17, 15) is 0 Å². The molecule has 1 aliphatic rings. The summed E-state index contributed by atoms with van der Waals surface area (Å²) in [6.45, 7) is 0. The predicted octanol–water partition coefficient (Wildman–Crippen LogP) is 4.64. The molecule has 1 fully saturated rings. The second-order valence-corrected chi connectivity index (χ2v) is 6.73. The van der Waals surface area contributed by atoms with E-state index in [0.717, 1.165) is 51.3 Å². The number of methoxy groups -OCH3 is 1. The molecule has 0 radical (unpaired) electrons. The third-order valence-corrected chi connectivity index (χ3v) is 4.55. The second-order valence-electron chi connectivity index (χ2n) is 5.82. The van der Waals surface area contributed by atoms with Crippen LogP contribution in [0.15, 0.2) is 52.3 Å². The van der Waals surface area contributed by atoms with Crippen LogP contribution in [0, 0.1) is 0 Å². The number of benzene rings is 2. The number of nitrogens with one attached hydrogen (secondary N) is 2. The van der Waals surface area contributed by atoms with Gasteiger partial charge in [0.1, 0.15) is 11.3 Å². The standard InChI is InChI=1S/C18H17BrN4O/c1-24-18(11-2-3-11)21-13-8-14(20)16-15(9-13)22-17(23-16)10-4-6-12(19)7-5-10/h4-9,21H,2-3,20H2,1H3,(H,22,23). The highest BCUT2D eigenvalue weighted by Gasteiger charge is 2.19. The van der Waals surface area contributed by atoms with E-state index >= 15 is 0 Å². The first-order chi connectivity index (χ1) is 11.6. The number of hydrogen-bond acceptors (Lipinski definition) is 4. The molecule has 4 rings (SSSR count). The largest absolute Gasteiger partial charge is 0.482 e. The summed E-state index contributed by atoms with van der Waals surface area (Å²) in [6.07, 6.45) is 2.18. The fourth-order valence-corrected chi connectivity index (χ4v) is 2.93. The molecule has 0 bridgehead atoms. The summed E-state index contributed by atoms with van der Waals surface area (Å²) in [5, 5.41) is 3.30. The van der Waals surface area contributed by atoms with Crippen LogP contribution < -0.4 is 11.1 Å². The summed E-state index contributed by atoms with van der Waals surface area (Å²) in [7, 11) is 1.68. The molecule has 1 aliphatic carbocycles. The second kappa shape index (κ2) is 5.87. The van der Waals surface area contributed by atoms with Gasteiger partial charge in [-0.05, 0) is 42.7 Å². The summed E-state index contributed by atoms with van der Waals surface area (Å²) in [4.78, 5) is 7.98. The van der Waals surface area contributed by atoms with Crippen molar-refractivity contribution in [1.82, 2.24) is 9.97 Å². The lowest BCUT2D eigenvalue weighted by atomic mass is 10.2. The third kappa shape index (κ3) is 2.85. The molecule has 0 unspecified atom stereocenters. The third-order valence-electron chi connectivity index (χ3n) is 4.02. The number of rotatable bonds is 4. The van der Waals surface area contributed by atoms with Crippen LogP contribution in [0.25, 0.3) is 22.4 Å². The molecule has 5 nitrogen and oxygen atoms in total. The van der Waals surface area contributed by atoms with Gasteiger partial charge in [0, 0.05) is 15.7 Å². The van der Waals surface area contributed by atoms with Crippen molar-refractivity contribution in [2.45, 2.75) is 12.8 Å². The lowest BCUT2D eigenvalue weighted by Crippen LogP contribution is -2.02. The number of nitrogens with zero attached hydrogens (tertiary/aromatic N) is 1. The number of nitrogen functional groups attached to an aromatic ring is 1. The molecule has 0 atom stereocenters. The zero-order valence-electron chi connectivity index (χ0n) is 13.2. The first-order valence-corrected chi connectivity index (χ1v) is 8.51. The number of allylic oxidation sites excluding steroid dienone is 1. The van der Waals surface area contributed by atoms with Crippen LogP contribution in [-0.2, 0) is 4.74 Å². The molecule has 2 aromatic carbocycles. The van der Waals surface area contributed by atoms with E-state index in [1.165, 1.54) is 5.57 Å². The fourth-order valence-electron chi connectivity index (χ4n) is 2.67. The van der Waals surface area contributed by atoms with Gasteiger partial charge in [0.15, 0.2) is 5.88 Å². The molecule has 1 aromatic heterocycles. The first kappa shape index (κ1) is 15.1. The van der Waals surface area contributed by atoms with Crippen LogP contribution in [0.1, 0.15) is 12.8 Å². The van der Waals surface area contributed by atoms with E-state index in [4.69, 9.17) is 10.5 Å². The number of aromatic nitrogens is 2. The first-order valence-electron chi connectivity index (χ1n) is 7.72. The summed E-state index contributed by atoms with van der Waals surface area (Å²) < 4.78 is 6.45. The van der Waals surface area contributed by atoms with Crippen LogP contribution >= 0.6 is 15.9 Å². The van der Waals surface area contributed by atoms with Crippen LogP contribution in [0.2, 0.25) is 0 Å². The van der Waals surface area contributed by atoms with E-state index in [1.54, 1.807) is 7.11 Å². The number of hydrogen-bond donors (Lipinski definition) is 3. The van der Waals surface area contributed by atoms with Crippen LogP contribution in [0.4, 0.5) is 11.4 Å². The minimum Gasteiger partial charge on any atom is -0.482 e. The van der Waals surface area contributed by atoms with Crippen molar-refractivity contribution >= 4 is 38.3 Å². The monoisotopic (exact) mass is 384 g/mol. The lowest BCUT2D eigenvalue weighted by molar-refractivity contribution is 0.295. The van der Waals surface area contributed by atoms with Crippen molar-refractivity contribution in [3.8, 4) is 11.4 Å². The maximum absolute atomic E-state index is 6.19. The van der Waals surface area contributed by atoms with Crippen molar-refractivity contribution in [3.63, 3.8) is 0 Å². The van der Waals surface area contributed by atoms with Gasteiger partial charge in [-0.2, -0.15) is 0 Å². The maximum atomic E-state index is 6.19. The molecule has 6 heteroatoms. The number of aromatic amines is 1. The minimum absolute atomic E-state index is 0.630. The van der Waals surface area contributed by atoms with Gasteiger partial charge in [-0.1, -0.05) is 28.1 Å². The average Bonchev–Trinajstić information content (AvgIpc) is 3.32. The number of nitrogens with two attached hydrogens (primary N) is 1. The Bertz CT molecular complexity index is 938. The van der Waals surface area contributed by atoms with Crippen molar-refractivity contribution in [3.05, 3.63) is 52.3 Å².